The van der Waals surface area contributed by atoms with Crippen molar-refractivity contribution in [3.05, 3.63) is 18.1 Å². The quantitative estimate of drug-likeness (QED) is 0.513. The Bertz CT molecular complexity index is 309. The SMILES string of the molecule is CCN(C)c1nccnc1C(=N)N. The molecule has 1 aromatic heterocycles. The Kier molecular flexibility index (Phi) is 2.79. The first-order valence-corrected chi connectivity index (χ1v) is 4.03. The molecule has 13 heavy (non-hydrogen) atoms. The predicted octanol–water partition coefficient (Wildman–Crippen LogP) is 0.217. The molecule has 1 rings (SSSR count). The van der Waals surface area contributed by atoms with Crippen molar-refractivity contribution in [2.24, 2.45) is 5.73 Å². The minimum absolute atomic E-state index is 0.0524. The highest BCUT2D eigenvalue weighted by atomic mass is 15.2. The zero-order valence-corrected chi connectivity index (χ0v) is 7.78. The van der Waals surface area contributed by atoms with E-state index >= 15 is 0 Å². The average molecular weight is 179 g/mol. The summed E-state index contributed by atoms with van der Waals surface area (Å²) in [6.07, 6.45) is 3.12. The van der Waals surface area contributed by atoms with Crippen molar-refractivity contribution in [1.29, 1.82) is 5.41 Å². The van der Waals surface area contributed by atoms with Gasteiger partial charge >= 0.3 is 0 Å². The van der Waals surface area contributed by atoms with Gasteiger partial charge in [-0.2, -0.15) is 0 Å². The van der Waals surface area contributed by atoms with Crippen molar-refractivity contribution >= 4 is 11.7 Å². The molecule has 0 unspecified atom stereocenters. The first-order valence-electron chi connectivity index (χ1n) is 4.03. The van der Waals surface area contributed by atoms with Gasteiger partial charge < -0.3 is 10.6 Å². The van der Waals surface area contributed by atoms with Crippen molar-refractivity contribution in [3.8, 4) is 0 Å². The summed E-state index contributed by atoms with van der Waals surface area (Å²) in [5.74, 6) is 0.598. The third-order valence-corrected chi connectivity index (χ3v) is 1.77. The third-order valence-electron chi connectivity index (χ3n) is 1.77. The molecule has 1 heterocycles. The van der Waals surface area contributed by atoms with E-state index in [0.717, 1.165) is 6.54 Å². The number of hydrogen-bond donors (Lipinski definition) is 2. The number of nitrogens with zero attached hydrogens (tertiary/aromatic N) is 3. The second kappa shape index (κ2) is 3.84. The monoisotopic (exact) mass is 179 g/mol. The standard InChI is InChI=1S/C8H13N5/c1-3-13(2)8-6(7(9)10)11-4-5-12-8/h4-5H,3H2,1-2H3,(H3,9,10). The van der Waals surface area contributed by atoms with Gasteiger partial charge in [-0.05, 0) is 6.92 Å². The van der Waals surface area contributed by atoms with Crippen LogP contribution in [0.4, 0.5) is 5.82 Å². The highest BCUT2D eigenvalue weighted by Crippen LogP contribution is 2.11. The van der Waals surface area contributed by atoms with Gasteiger partial charge in [-0.1, -0.05) is 0 Å². The lowest BCUT2D eigenvalue weighted by Crippen LogP contribution is -2.24. The van der Waals surface area contributed by atoms with Gasteiger partial charge in [-0.3, -0.25) is 5.41 Å². The Balaban J connectivity index is 3.11. The maximum Gasteiger partial charge on any atom is 0.158 e. The molecule has 1 aromatic rings. The van der Waals surface area contributed by atoms with Crippen LogP contribution in [-0.2, 0) is 0 Å². The maximum atomic E-state index is 7.29. The van der Waals surface area contributed by atoms with Crippen molar-refractivity contribution < 1.29 is 0 Å². The number of aromatic nitrogens is 2. The van der Waals surface area contributed by atoms with E-state index in [1.807, 2.05) is 18.9 Å². The molecule has 0 atom stereocenters. The van der Waals surface area contributed by atoms with Crippen molar-refractivity contribution in [2.45, 2.75) is 6.92 Å². The Hall–Kier alpha value is -1.65. The summed E-state index contributed by atoms with van der Waals surface area (Å²) >= 11 is 0. The van der Waals surface area contributed by atoms with E-state index in [-0.39, 0.29) is 5.84 Å². The molecular weight excluding hydrogens is 166 g/mol. The zero-order valence-electron chi connectivity index (χ0n) is 7.78. The molecule has 5 heteroatoms. The Morgan fingerprint density at radius 3 is 2.69 bits per heavy atom. The van der Waals surface area contributed by atoms with E-state index in [1.54, 1.807) is 6.20 Å². The normalized spacial score (nSPS) is 9.69. The lowest BCUT2D eigenvalue weighted by molar-refractivity contribution is 0.922. The van der Waals surface area contributed by atoms with Crippen molar-refractivity contribution in [3.63, 3.8) is 0 Å². The van der Waals surface area contributed by atoms with Gasteiger partial charge in [0, 0.05) is 26.0 Å². The molecule has 0 spiro atoms. The van der Waals surface area contributed by atoms with Gasteiger partial charge in [0.05, 0.1) is 0 Å². The van der Waals surface area contributed by atoms with Crippen LogP contribution in [0.2, 0.25) is 0 Å². The minimum atomic E-state index is -0.0524. The number of nitrogens with one attached hydrogen (secondary N) is 1. The molecule has 70 valence electrons. The van der Waals surface area contributed by atoms with Crippen LogP contribution in [0.25, 0.3) is 0 Å². The molecule has 0 saturated carbocycles. The van der Waals surface area contributed by atoms with E-state index < -0.39 is 0 Å². The number of nitrogen functional groups attached to an aromatic ring is 1. The van der Waals surface area contributed by atoms with Crippen LogP contribution >= 0.6 is 0 Å². The molecule has 0 amide bonds. The molecule has 3 N–H and O–H groups in total. The molecule has 0 aliphatic carbocycles. The largest absolute Gasteiger partial charge is 0.382 e. The van der Waals surface area contributed by atoms with E-state index in [1.165, 1.54) is 6.20 Å². The fraction of sp³-hybridized carbons (Fsp3) is 0.375. The molecule has 0 bridgehead atoms. The second-order valence-corrected chi connectivity index (χ2v) is 2.66. The van der Waals surface area contributed by atoms with Crippen LogP contribution in [0.3, 0.4) is 0 Å². The molecule has 0 aromatic carbocycles. The van der Waals surface area contributed by atoms with Crippen LogP contribution in [0.15, 0.2) is 12.4 Å². The Morgan fingerprint density at radius 1 is 1.54 bits per heavy atom. The van der Waals surface area contributed by atoms with Gasteiger partial charge in [0.2, 0.25) is 0 Å². The summed E-state index contributed by atoms with van der Waals surface area (Å²) < 4.78 is 0. The zero-order chi connectivity index (χ0) is 9.84. The van der Waals surface area contributed by atoms with Crippen molar-refractivity contribution in [2.75, 3.05) is 18.5 Å². The number of hydrogen-bond acceptors (Lipinski definition) is 4. The van der Waals surface area contributed by atoms with E-state index in [2.05, 4.69) is 9.97 Å². The average Bonchev–Trinajstić information content (AvgIpc) is 2.16. The van der Waals surface area contributed by atoms with Gasteiger partial charge in [0.25, 0.3) is 0 Å². The van der Waals surface area contributed by atoms with E-state index in [4.69, 9.17) is 11.1 Å². The van der Waals surface area contributed by atoms with Gasteiger partial charge in [0.1, 0.15) is 11.5 Å². The summed E-state index contributed by atoms with van der Waals surface area (Å²) in [6.45, 7) is 2.80. The lowest BCUT2D eigenvalue weighted by atomic mass is 10.3. The Morgan fingerprint density at radius 2 is 2.15 bits per heavy atom. The highest BCUT2D eigenvalue weighted by Gasteiger charge is 2.10. The van der Waals surface area contributed by atoms with Crippen molar-refractivity contribution in [1.82, 2.24) is 9.97 Å². The summed E-state index contributed by atoms with van der Waals surface area (Å²) in [6, 6.07) is 0. The van der Waals surface area contributed by atoms with Gasteiger partial charge in [-0.15, -0.1) is 0 Å². The highest BCUT2D eigenvalue weighted by molar-refractivity contribution is 5.97. The minimum Gasteiger partial charge on any atom is -0.382 e. The predicted molar refractivity (Wildman–Crippen MR) is 52.0 cm³/mol. The molecule has 0 aliphatic rings. The number of anilines is 1. The summed E-state index contributed by atoms with van der Waals surface area (Å²) in [5, 5.41) is 7.29. The topological polar surface area (TPSA) is 78.9 Å². The molecular formula is C8H13N5. The second-order valence-electron chi connectivity index (χ2n) is 2.66. The number of rotatable bonds is 3. The summed E-state index contributed by atoms with van der Waals surface area (Å²) in [4.78, 5) is 10.00. The smallest absolute Gasteiger partial charge is 0.158 e. The first-order chi connectivity index (χ1) is 6.16. The molecule has 5 nitrogen and oxygen atoms in total. The maximum absolute atomic E-state index is 7.29. The molecule has 0 radical (unpaired) electrons. The fourth-order valence-corrected chi connectivity index (χ4v) is 0.950. The summed E-state index contributed by atoms with van der Waals surface area (Å²) in [5.41, 5.74) is 5.80. The Labute approximate surface area is 77.1 Å². The van der Waals surface area contributed by atoms with Crippen LogP contribution in [-0.4, -0.2) is 29.4 Å². The lowest BCUT2D eigenvalue weighted by Gasteiger charge is -2.17. The van der Waals surface area contributed by atoms with Crippen LogP contribution in [0.5, 0.6) is 0 Å². The third kappa shape index (κ3) is 1.93. The molecule has 0 saturated heterocycles. The summed E-state index contributed by atoms with van der Waals surface area (Å²) in [7, 11) is 1.89. The van der Waals surface area contributed by atoms with Crippen LogP contribution < -0.4 is 10.6 Å². The van der Waals surface area contributed by atoms with E-state index in [9.17, 15) is 0 Å². The van der Waals surface area contributed by atoms with E-state index in [0.29, 0.717) is 11.5 Å². The van der Waals surface area contributed by atoms with Crippen LogP contribution in [0.1, 0.15) is 12.6 Å². The van der Waals surface area contributed by atoms with Gasteiger partial charge in [0.15, 0.2) is 5.82 Å². The molecule has 0 fully saturated rings. The number of amidine groups is 1. The van der Waals surface area contributed by atoms with Crippen LogP contribution in [0, 0.1) is 5.41 Å². The number of nitrogens with two attached hydrogens (primary N) is 1. The fourth-order valence-electron chi connectivity index (χ4n) is 0.950. The molecule has 0 aliphatic heterocycles. The first kappa shape index (κ1) is 9.44. The van der Waals surface area contributed by atoms with Gasteiger partial charge in [-0.25, -0.2) is 9.97 Å².